The van der Waals surface area contributed by atoms with Crippen LogP contribution in [0.1, 0.15) is 46.5 Å². The number of hydrogen-bond donors (Lipinski definition) is 0. The number of fused-ring (bicyclic) bond motifs is 2. The van der Waals surface area contributed by atoms with Crippen LogP contribution in [0, 0.1) is 23.2 Å². The SMILES string of the molecule is CCC1(C)[C@@H]2CC[C@@H](C)[C@H]1C2. The van der Waals surface area contributed by atoms with Gasteiger partial charge in [-0.2, -0.15) is 0 Å². The van der Waals surface area contributed by atoms with Gasteiger partial charge in [0.25, 0.3) is 0 Å². The Bertz CT molecular complexity index is 159. The summed E-state index contributed by atoms with van der Waals surface area (Å²) in [7, 11) is 0. The van der Waals surface area contributed by atoms with Crippen LogP contribution in [0.5, 0.6) is 0 Å². The molecule has 0 radical (unpaired) electrons. The van der Waals surface area contributed by atoms with Gasteiger partial charge in [0.2, 0.25) is 0 Å². The Labute approximate surface area is 70.4 Å². The Morgan fingerprint density at radius 2 is 2.09 bits per heavy atom. The van der Waals surface area contributed by atoms with E-state index in [2.05, 4.69) is 20.8 Å². The maximum atomic E-state index is 2.52. The van der Waals surface area contributed by atoms with Crippen molar-refractivity contribution in [1.29, 1.82) is 0 Å². The van der Waals surface area contributed by atoms with E-state index in [4.69, 9.17) is 0 Å². The molecule has 0 aromatic heterocycles. The molecular formula is C11H20. The molecule has 0 aromatic rings. The summed E-state index contributed by atoms with van der Waals surface area (Å²) >= 11 is 0. The molecule has 2 bridgehead atoms. The van der Waals surface area contributed by atoms with E-state index in [0.29, 0.717) is 0 Å². The van der Waals surface area contributed by atoms with Gasteiger partial charge in [-0.05, 0) is 36.0 Å². The molecule has 0 spiro atoms. The van der Waals surface area contributed by atoms with Gasteiger partial charge in [-0.25, -0.2) is 0 Å². The van der Waals surface area contributed by atoms with E-state index >= 15 is 0 Å². The fraction of sp³-hybridized carbons (Fsp3) is 1.00. The zero-order chi connectivity index (χ0) is 8.06. The Morgan fingerprint density at radius 3 is 2.45 bits per heavy atom. The van der Waals surface area contributed by atoms with Crippen LogP contribution in [0.3, 0.4) is 0 Å². The molecule has 11 heavy (non-hydrogen) atoms. The molecule has 0 N–H and O–H groups in total. The van der Waals surface area contributed by atoms with Gasteiger partial charge in [0, 0.05) is 0 Å². The second-order valence-electron chi connectivity index (χ2n) is 4.95. The summed E-state index contributed by atoms with van der Waals surface area (Å²) < 4.78 is 0. The Hall–Kier alpha value is 0. The summed E-state index contributed by atoms with van der Waals surface area (Å²) in [5.41, 5.74) is 0.748. The fourth-order valence-electron chi connectivity index (χ4n) is 3.53. The normalized spacial score (nSPS) is 55.4. The van der Waals surface area contributed by atoms with E-state index < -0.39 is 0 Å². The third-order valence-corrected chi connectivity index (χ3v) is 4.74. The monoisotopic (exact) mass is 152 g/mol. The van der Waals surface area contributed by atoms with Crippen LogP contribution >= 0.6 is 0 Å². The average molecular weight is 152 g/mol. The summed E-state index contributed by atoms with van der Waals surface area (Å²) in [4.78, 5) is 0. The summed E-state index contributed by atoms with van der Waals surface area (Å²) in [6.45, 7) is 7.34. The van der Waals surface area contributed by atoms with Crippen molar-refractivity contribution in [1.82, 2.24) is 0 Å². The highest BCUT2D eigenvalue weighted by atomic mass is 14.6. The lowest BCUT2D eigenvalue weighted by Crippen LogP contribution is -2.53. The zero-order valence-corrected chi connectivity index (χ0v) is 8.06. The predicted octanol–water partition coefficient (Wildman–Crippen LogP) is 3.47. The molecule has 0 aliphatic heterocycles. The van der Waals surface area contributed by atoms with Gasteiger partial charge in [-0.1, -0.05) is 33.6 Å². The van der Waals surface area contributed by atoms with Gasteiger partial charge in [-0.15, -0.1) is 0 Å². The van der Waals surface area contributed by atoms with E-state index in [1.165, 1.54) is 19.3 Å². The van der Waals surface area contributed by atoms with Crippen molar-refractivity contribution < 1.29 is 0 Å². The summed E-state index contributed by atoms with van der Waals surface area (Å²) in [5.74, 6) is 3.19. The molecule has 0 amide bonds. The molecule has 0 aromatic carbocycles. The van der Waals surface area contributed by atoms with Crippen molar-refractivity contribution in [2.75, 3.05) is 0 Å². The van der Waals surface area contributed by atoms with Crippen molar-refractivity contribution >= 4 is 0 Å². The predicted molar refractivity (Wildman–Crippen MR) is 48.4 cm³/mol. The Morgan fingerprint density at radius 1 is 1.36 bits per heavy atom. The van der Waals surface area contributed by atoms with Crippen molar-refractivity contribution in [3.05, 3.63) is 0 Å². The molecule has 3 saturated carbocycles. The minimum absolute atomic E-state index is 0.748. The molecule has 0 heterocycles. The summed E-state index contributed by atoms with van der Waals surface area (Å²) in [6.07, 6.45) is 5.98. The van der Waals surface area contributed by atoms with E-state index in [0.717, 1.165) is 23.2 Å². The van der Waals surface area contributed by atoms with E-state index in [-0.39, 0.29) is 0 Å². The molecule has 64 valence electrons. The third-order valence-electron chi connectivity index (χ3n) is 4.74. The van der Waals surface area contributed by atoms with Crippen LogP contribution in [-0.2, 0) is 0 Å². The summed E-state index contributed by atoms with van der Waals surface area (Å²) in [5, 5.41) is 0. The fourth-order valence-corrected chi connectivity index (χ4v) is 3.53. The number of rotatable bonds is 1. The van der Waals surface area contributed by atoms with Crippen LogP contribution in [0.15, 0.2) is 0 Å². The van der Waals surface area contributed by atoms with E-state index in [1.54, 1.807) is 6.42 Å². The van der Waals surface area contributed by atoms with Crippen molar-refractivity contribution in [2.45, 2.75) is 46.5 Å². The second kappa shape index (κ2) is 2.24. The van der Waals surface area contributed by atoms with Crippen molar-refractivity contribution in [2.24, 2.45) is 23.2 Å². The summed E-state index contributed by atoms with van der Waals surface area (Å²) in [6, 6.07) is 0. The van der Waals surface area contributed by atoms with Crippen molar-refractivity contribution in [3.8, 4) is 0 Å². The topological polar surface area (TPSA) is 0 Å². The minimum Gasteiger partial charge on any atom is -0.0648 e. The van der Waals surface area contributed by atoms with Crippen LogP contribution in [0.4, 0.5) is 0 Å². The van der Waals surface area contributed by atoms with Gasteiger partial charge >= 0.3 is 0 Å². The molecule has 3 aliphatic rings. The first kappa shape index (κ1) is 7.64. The molecule has 3 rings (SSSR count). The molecule has 0 heteroatoms. The minimum atomic E-state index is 0.748. The highest BCUT2D eigenvalue weighted by Gasteiger charge is 2.54. The first-order valence-electron chi connectivity index (χ1n) is 5.18. The quantitative estimate of drug-likeness (QED) is 0.539. The maximum Gasteiger partial charge on any atom is -0.0269 e. The van der Waals surface area contributed by atoms with Crippen LogP contribution in [0.2, 0.25) is 0 Å². The largest absolute Gasteiger partial charge is 0.0648 e. The lowest BCUT2D eigenvalue weighted by Gasteiger charge is -2.61. The molecule has 0 saturated heterocycles. The van der Waals surface area contributed by atoms with Crippen LogP contribution in [0.25, 0.3) is 0 Å². The molecule has 3 fully saturated rings. The third kappa shape index (κ3) is 0.816. The lowest BCUT2D eigenvalue weighted by atomic mass is 9.44. The average Bonchev–Trinajstić information content (AvgIpc) is 2.02. The molecule has 1 unspecified atom stereocenters. The van der Waals surface area contributed by atoms with Gasteiger partial charge in [0.1, 0.15) is 0 Å². The van der Waals surface area contributed by atoms with E-state index in [9.17, 15) is 0 Å². The van der Waals surface area contributed by atoms with Crippen molar-refractivity contribution in [3.63, 3.8) is 0 Å². The second-order valence-corrected chi connectivity index (χ2v) is 4.95. The first-order chi connectivity index (χ1) is 5.18. The smallest absolute Gasteiger partial charge is 0.0269 e. The van der Waals surface area contributed by atoms with Gasteiger partial charge in [0.15, 0.2) is 0 Å². The Balaban J connectivity index is 2.14. The molecule has 4 atom stereocenters. The lowest BCUT2D eigenvalue weighted by molar-refractivity contribution is -0.115. The molecule has 0 nitrogen and oxygen atoms in total. The Kier molecular flexibility index (Phi) is 1.56. The highest BCUT2D eigenvalue weighted by molar-refractivity contribution is 5.03. The van der Waals surface area contributed by atoms with Gasteiger partial charge in [-0.3, -0.25) is 0 Å². The highest BCUT2D eigenvalue weighted by Crippen LogP contribution is 2.62. The molecule has 3 aliphatic carbocycles. The van der Waals surface area contributed by atoms with Crippen LogP contribution < -0.4 is 0 Å². The number of hydrogen-bond acceptors (Lipinski definition) is 0. The first-order valence-corrected chi connectivity index (χ1v) is 5.18. The molecular weight excluding hydrogens is 132 g/mol. The zero-order valence-electron chi connectivity index (χ0n) is 8.06. The van der Waals surface area contributed by atoms with Crippen LogP contribution in [-0.4, -0.2) is 0 Å². The van der Waals surface area contributed by atoms with E-state index in [1.807, 2.05) is 0 Å². The maximum absolute atomic E-state index is 2.52. The van der Waals surface area contributed by atoms with Gasteiger partial charge < -0.3 is 0 Å². The van der Waals surface area contributed by atoms with Gasteiger partial charge in [0.05, 0.1) is 0 Å². The standard InChI is InChI=1S/C11H20/c1-4-11(3)9-6-5-8(2)10(11)7-9/h8-10H,4-7H2,1-3H3/t8-,9-,10-,11?/m1/s1.